The minimum absolute atomic E-state index is 0.148. The van der Waals surface area contributed by atoms with Crippen molar-refractivity contribution < 1.29 is 4.79 Å². The number of hydrogen-bond acceptors (Lipinski definition) is 2. The zero-order chi connectivity index (χ0) is 24.6. The van der Waals surface area contributed by atoms with E-state index in [1.54, 1.807) is 0 Å². The summed E-state index contributed by atoms with van der Waals surface area (Å²) in [5.41, 5.74) is 6.80. The summed E-state index contributed by atoms with van der Waals surface area (Å²) >= 11 is 0. The van der Waals surface area contributed by atoms with Crippen molar-refractivity contribution in [2.75, 3.05) is 5.32 Å². The average Bonchev–Trinajstić information content (AvgIpc) is 3.47. The van der Waals surface area contributed by atoms with Crippen LogP contribution in [0.5, 0.6) is 0 Å². The third-order valence-electron chi connectivity index (χ3n) is 6.85. The summed E-state index contributed by atoms with van der Waals surface area (Å²) in [7, 11) is 0. The molecule has 0 fully saturated rings. The summed E-state index contributed by atoms with van der Waals surface area (Å²) in [6, 6.07) is 31.9. The van der Waals surface area contributed by atoms with Gasteiger partial charge in [0.05, 0.1) is 29.7 Å². The third-order valence-corrected chi connectivity index (χ3v) is 6.85. The fraction of sp³-hybridized carbons (Fsp3) is 0.133. The van der Waals surface area contributed by atoms with Crippen LogP contribution >= 0.6 is 0 Å². The number of carbonyl (C=O) groups excluding carboxylic acids is 1. The lowest BCUT2D eigenvalue weighted by Crippen LogP contribution is -2.38. The van der Waals surface area contributed by atoms with E-state index in [-0.39, 0.29) is 12.1 Å². The van der Waals surface area contributed by atoms with E-state index in [1.807, 2.05) is 90.2 Å². The number of nitrogens with one attached hydrogen (secondary N) is 1. The predicted molar refractivity (Wildman–Crippen MR) is 142 cm³/mol. The molecule has 3 aromatic carbocycles. The van der Waals surface area contributed by atoms with Crippen LogP contribution in [0.4, 0.5) is 10.5 Å². The maximum Gasteiger partial charge on any atom is 0.322 e. The molecule has 178 valence electrons. The highest BCUT2D eigenvalue weighted by atomic mass is 16.2. The van der Waals surface area contributed by atoms with Gasteiger partial charge >= 0.3 is 6.03 Å². The Bertz CT molecular complexity index is 1530. The molecule has 1 N–H and O–H groups in total. The Labute approximate surface area is 210 Å². The summed E-state index contributed by atoms with van der Waals surface area (Å²) < 4.78 is 4.17. The van der Waals surface area contributed by atoms with E-state index in [0.717, 1.165) is 45.3 Å². The first-order chi connectivity index (χ1) is 17.6. The first-order valence-electron chi connectivity index (χ1n) is 12.1. The zero-order valence-electron chi connectivity index (χ0n) is 20.3. The molecule has 0 bridgehead atoms. The Hall–Kier alpha value is -4.58. The second kappa shape index (κ2) is 8.89. The van der Waals surface area contributed by atoms with Crippen LogP contribution in [-0.2, 0) is 6.54 Å². The fourth-order valence-corrected chi connectivity index (χ4v) is 5.04. The lowest BCUT2D eigenvalue weighted by atomic mass is 10.0. The molecule has 0 saturated carbocycles. The van der Waals surface area contributed by atoms with Gasteiger partial charge in [-0.05, 0) is 55.3 Å². The van der Waals surface area contributed by atoms with E-state index in [1.165, 1.54) is 0 Å². The smallest absolute Gasteiger partial charge is 0.308 e. The molecule has 0 aliphatic carbocycles. The van der Waals surface area contributed by atoms with Gasteiger partial charge in [0.1, 0.15) is 5.82 Å². The van der Waals surface area contributed by atoms with Gasteiger partial charge in [-0.15, -0.1) is 0 Å². The lowest BCUT2D eigenvalue weighted by Gasteiger charge is -2.31. The highest BCUT2D eigenvalue weighted by Crippen LogP contribution is 2.38. The van der Waals surface area contributed by atoms with E-state index in [2.05, 4.69) is 46.4 Å². The number of nitrogens with zero attached hydrogens (tertiary/aromatic N) is 4. The molecule has 6 nitrogen and oxygen atoms in total. The first-order valence-corrected chi connectivity index (χ1v) is 12.1. The standard InChI is InChI=1S/C30H27N5O/c1-21-12-9-10-17-26(21)31-30(36)34-20-25-22(2)32-35(24-15-7-4-8-16-24)29(25)33-19-11-18-27(33)28(34)23-13-5-3-6-14-23/h3-19,28H,20H2,1-2H3,(H,31,36)/t28-/m0/s1. The van der Waals surface area contributed by atoms with Crippen LogP contribution in [-0.4, -0.2) is 25.3 Å². The van der Waals surface area contributed by atoms with Gasteiger partial charge in [-0.3, -0.25) is 0 Å². The first kappa shape index (κ1) is 21.9. The minimum atomic E-state index is -0.277. The predicted octanol–water partition coefficient (Wildman–Crippen LogP) is 6.42. The number of anilines is 1. The largest absolute Gasteiger partial charge is 0.322 e. The molecular weight excluding hydrogens is 446 g/mol. The molecule has 0 saturated heterocycles. The zero-order valence-corrected chi connectivity index (χ0v) is 20.3. The fourth-order valence-electron chi connectivity index (χ4n) is 5.04. The second-order valence-corrected chi connectivity index (χ2v) is 9.12. The second-order valence-electron chi connectivity index (χ2n) is 9.12. The number of carbonyl (C=O) groups is 1. The highest BCUT2D eigenvalue weighted by molar-refractivity contribution is 5.91. The molecule has 1 aliphatic heterocycles. The van der Waals surface area contributed by atoms with E-state index < -0.39 is 0 Å². The number of benzene rings is 3. The molecule has 6 rings (SSSR count). The van der Waals surface area contributed by atoms with Crippen LogP contribution in [0.15, 0.2) is 103 Å². The van der Waals surface area contributed by atoms with Gasteiger partial charge in [-0.2, -0.15) is 5.10 Å². The molecule has 1 aliphatic rings. The number of fused-ring (bicyclic) bond motifs is 3. The van der Waals surface area contributed by atoms with Gasteiger partial charge in [0.25, 0.3) is 0 Å². The van der Waals surface area contributed by atoms with Crippen molar-refractivity contribution in [1.29, 1.82) is 0 Å². The number of hydrogen-bond donors (Lipinski definition) is 1. The van der Waals surface area contributed by atoms with Crippen molar-refractivity contribution in [2.45, 2.75) is 26.4 Å². The summed E-state index contributed by atoms with van der Waals surface area (Å²) in [4.78, 5) is 15.9. The van der Waals surface area contributed by atoms with Crippen LogP contribution < -0.4 is 5.32 Å². The van der Waals surface area contributed by atoms with Gasteiger partial charge in [-0.25, -0.2) is 9.48 Å². The molecule has 2 aromatic heterocycles. The molecule has 2 amide bonds. The maximum atomic E-state index is 14.0. The van der Waals surface area contributed by atoms with Crippen LogP contribution in [0.1, 0.15) is 34.1 Å². The summed E-state index contributed by atoms with van der Waals surface area (Å²) in [5.74, 6) is 0.964. The van der Waals surface area contributed by atoms with Gasteiger partial charge in [0.15, 0.2) is 0 Å². The Morgan fingerprint density at radius 1 is 0.861 bits per heavy atom. The molecular formula is C30H27N5O. The molecule has 5 aromatic rings. The molecule has 36 heavy (non-hydrogen) atoms. The molecule has 6 heteroatoms. The summed E-state index contributed by atoms with van der Waals surface area (Å²) in [6.07, 6.45) is 2.06. The Morgan fingerprint density at radius 2 is 1.56 bits per heavy atom. The quantitative estimate of drug-likeness (QED) is 0.329. The topological polar surface area (TPSA) is 55.1 Å². The van der Waals surface area contributed by atoms with Crippen LogP contribution in [0.3, 0.4) is 0 Å². The lowest BCUT2D eigenvalue weighted by molar-refractivity contribution is 0.194. The van der Waals surface area contributed by atoms with E-state index >= 15 is 0 Å². The average molecular weight is 474 g/mol. The molecule has 0 radical (unpaired) electrons. The van der Waals surface area contributed by atoms with E-state index in [9.17, 15) is 4.79 Å². The van der Waals surface area contributed by atoms with Crippen molar-refractivity contribution in [3.63, 3.8) is 0 Å². The van der Waals surface area contributed by atoms with Gasteiger partial charge in [0, 0.05) is 17.4 Å². The Morgan fingerprint density at radius 3 is 2.31 bits per heavy atom. The number of rotatable bonds is 3. The molecule has 0 spiro atoms. The number of amides is 2. The van der Waals surface area contributed by atoms with Gasteiger partial charge in [0.2, 0.25) is 0 Å². The highest BCUT2D eigenvalue weighted by Gasteiger charge is 2.36. The molecule has 3 heterocycles. The summed E-state index contributed by atoms with van der Waals surface area (Å²) in [6.45, 7) is 4.44. The van der Waals surface area contributed by atoms with E-state index in [4.69, 9.17) is 5.10 Å². The van der Waals surface area contributed by atoms with Gasteiger partial charge in [-0.1, -0.05) is 66.7 Å². The van der Waals surface area contributed by atoms with Crippen molar-refractivity contribution in [3.05, 3.63) is 131 Å². The monoisotopic (exact) mass is 473 g/mol. The normalized spacial score (nSPS) is 14.6. The Kier molecular flexibility index (Phi) is 5.41. The molecule has 0 unspecified atom stereocenters. The van der Waals surface area contributed by atoms with Crippen LogP contribution in [0, 0.1) is 13.8 Å². The van der Waals surface area contributed by atoms with Gasteiger partial charge < -0.3 is 14.8 Å². The van der Waals surface area contributed by atoms with Crippen LogP contribution in [0.2, 0.25) is 0 Å². The minimum Gasteiger partial charge on any atom is -0.308 e. The van der Waals surface area contributed by atoms with Crippen LogP contribution in [0.25, 0.3) is 11.5 Å². The maximum absolute atomic E-state index is 14.0. The SMILES string of the molecule is Cc1ccccc1NC(=O)N1Cc2c(C)nn(-c3ccccc3)c2-n2cccc2[C@@H]1c1ccccc1. The summed E-state index contributed by atoms with van der Waals surface area (Å²) in [5, 5.41) is 8.08. The van der Waals surface area contributed by atoms with E-state index in [0.29, 0.717) is 6.54 Å². The van der Waals surface area contributed by atoms with Crippen molar-refractivity contribution in [1.82, 2.24) is 19.2 Å². The van der Waals surface area contributed by atoms with Crippen molar-refractivity contribution in [2.24, 2.45) is 0 Å². The van der Waals surface area contributed by atoms with Crippen molar-refractivity contribution in [3.8, 4) is 11.5 Å². The molecule has 1 atom stereocenters. The number of urea groups is 1. The number of aromatic nitrogens is 3. The van der Waals surface area contributed by atoms with Crippen molar-refractivity contribution >= 4 is 11.7 Å². The third kappa shape index (κ3) is 3.67. The number of para-hydroxylation sites is 2. The Balaban J connectivity index is 1.54. The number of aryl methyl sites for hydroxylation is 2.